The number of nitrogens with one attached hydrogen (secondary N) is 3. The predicted octanol–water partition coefficient (Wildman–Crippen LogP) is 2.19. The molecule has 0 radical (unpaired) electrons. The average Bonchev–Trinajstić information content (AvgIpc) is 3.37. The van der Waals surface area contributed by atoms with Crippen molar-refractivity contribution in [2.24, 2.45) is 0 Å². The Bertz CT molecular complexity index is 937. The van der Waals surface area contributed by atoms with Crippen molar-refractivity contribution in [2.45, 2.75) is 6.54 Å². The van der Waals surface area contributed by atoms with Crippen molar-refractivity contribution < 1.29 is 4.52 Å². The van der Waals surface area contributed by atoms with Crippen molar-refractivity contribution in [3.05, 3.63) is 48.3 Å². The van der Waals surface area contributed by atoms with Gasteiger partial charge in [0.1, 0.15) is 5.82 Å². The molecule has 27 heavy (non-hydrogen) atoms. The molecule has 0 saturated carbocycles. The highest BCUT2D eigenvalue weighted by molar-refractivity contribution is 5.75. The number of nitrogens with zero attached hydrogens (tertiary/aromatic N) is 4. The maximum absolute atomic E-state index is 7.05. The van der Waals surface area contributed by atoms with Crippen molar-refractivity contribution in [3.63, 3.8) is 0 Å². The van der Waals surface area contributed by atoms with Gasteiger partial charge in [-0.05, 0) is 18.2 Å². The van der Waals surface area contributed by atoms with Gasteiger partial charge >= 0.3 is 0 Å². The van der Waals surface area contributed by atoms with E-state index in [2.05, 4.69) is 30.3 Å². The second-order valence-electron chi connectivity index (χ2n) is 6.33. The van der Waals surface area contributed by atoms with Crippen LogP contribution >= 0.6 is 0 Å². The summed E-state index contributed by atoms with van der Waals surface area (Å²) in [5.74, 6) is 1.93. The molecule has 2 aromatic heterocycles. The molecule has 0 amide bonds. The fourth-order valence-corrected chi connectivity index (χ4v) is 3.03. The van der Waals surface area contributed by atoms with Crippen LogP contribution in [0.1, 0.15) is 11.7 Å². The van der Waals surface area contributed by atoms with Crippen LogP contribution in [0.3, 0.4) is 0 Å². The monoisotopic (exact) mass is 363 g/mol. The SMILES string of the molecule is N=C/C=C\c1ncc(-c2cccc(-c3noc(CN4CCNCC4)n3)c2)[nH]1. The highest BCUT2D eigenvalue weighted by atomic mass is 16.5. The van der Waals surface area contributed by atoms with E-state index in [1.807, 2.05) is 24.3 Å². The number of piperazine rings is 1. The quantitative estimate of drug-likeness (QED) is 0.580. The lowest BCUT2D eigenvalue weighted by molar-refractivity contribution is 0.203. The number of aromatic nitrogens is 4. The van der Waals surface area contributed by atoms with Crippen LogP contribution in [0.5, 0.6) is 0 Å². The van der Waals surface area contributed by atoms with E-state index in [-0.39, 0.29) is 0 Å². The van der Waals surface area contributed by atoms with Crippen molar-refractivity contribution in [1.29, 1.82) is 5.41 Å². The van der Waals surface area contributed by atoms with Crippen molar-refractivity contribution >= 4 is 12.3 Å². The summed E-state index contributed by atoms with van der Waals surface area (Å²) >= 11 is 0. The fourth-order valence-electron chi connectivity index (χ4n) is 3.03. The smallest absolute Gasteiger partial charge is 0.241 e. The van der Waals surface area contributed by atoms with Crippen LogP contribution in [-0.4, -0.2) is 57.4 Å². The van der Waals surface area contributed by atoms with E-state index in [0.29, 0.717) is 24.1 Å². The number of benzene rings is 1. The van der Waals surface area contributed by atoms with Gasteiger partial charge in [-0.25, -0.2) is 4.98 Å². The summed E-state index contributed by atoms with van der Waals surface area (Å²) in [6.07, 6.45) is 6.37. The van der Waals surface area contributed by atoms with Crippen LogP contribution < -0.4 is 5.32 Å². The molecule has 8 nitrogen and oxygen atoms in total. The Hall–Kier alpha value is -3.10. The van der Waals surface area contributed by atoms with Crippen molar-refractivity contribution in [3.8, 4) is 22.6 Å². The van der Waals surface area contributed by atoms with E-state index in [4.69, 9.17) is 9.93 Å². The molecule has 138 valence electrons. The van der Waals surface area contributed by atoms with Gasteiger partial charge < -0.3 is 20.2 Å². The molecule has 3 aromatic rings. The van der Waals surface area contributed by atoms with E-state index in [1.54, 1.807) is 18.3 Å². The lowest BCUT2D eigenvalue weighted by Crippen LogP contribution is -2.42. The molecule has 0 unspecified atom stereocenters. The Morgan fingerprint density at radius 2 is 2.07 bits per heavy atom. The molecule has 1 saturated heterocycles. The molecule has 0 spiro atoms. The summed E-state index contributed by atoms with van der Waals surface area (Å²) in [6.45, 7) is 4.63. The molecule has 0 bridgehead atoms. The van der Waals surface area contributed by atoms with Gasteiger partial charge in [-0.2, -0.15) is 4.98 Å². The number of allylic oxidation sites excluding steroid dienone is 1. The summed E-state index contributed by atoms with van der Waals surface area (Å²) in [5.41, 5.74) is 2.78. The minimum absolute atomic E-state index is 0.588. The number of H-pyrrole nitrogens is 1. The van der Waals surface area contributed by atoms with Gasteiger partial charge in [0.25, 0.3) is 0 Å². The van der Waals surface area contributed by atoms with Crippen LogP contribution in [-0.2, 0) is 6.54 Å². The maximum atomic E-state index is 7.05. The number of aromatic amines is 1. The van der Waals surface area contributed by atoms with Gasteiger partial charge in [0.2, 0.25) is 11.7 Å². The molecule has 8 heteroatoms. The second-order valence-corrected chi connectivity index (χ2v) is 6.33. The van der Waals surface area contributed by atoms with Gasteiger partial charge in [-0.1, -0.05) is 23.4 Å². The number of hydrogen-bond acceptors (Lipinski definition) is 7. The third kappa shape index (κ3) is 4.18. The molecular formula is C19H21N7O. The van der Waals surface area contributed by atoms with Crippen molar-refractivity contribution in [2.75, 3.05) is 26.2 Å². The molecular weight excluding hydrogens is 342 g/mol. The first-order valence-corrected chi connectivity index (χ1v) is 8.90. The maximum Gasteiger partial charge on any atom is 0.241 e. The van der Waals surface area contributed by atoms with E-state index in [1.165, 1.54) is 6.21 Å². The Kier molecular flexibility index (Phi) is 5.17. The van der Waals surface area contributed by atoms with Gasteiger partial charge in [-0.3, -0.25) is 4.90 Å². The highest BCUT2D eigenvalue weighted by Gasteiger charge is 2.15. The van der Waals surface area contributed by atoms with Crippen LogP contribution in [0, 0.1) is 5.41 Å². The molecule has 1 aliphatic rings. The zero-order valence-electron chi connectivity index (χ0n) is 14.9. The summed E-state index contributed by atoms with van der Waals surface area (Å²) in [5, 5.41) is 14.5. The van der Waals surface area contributed by atoms with Crippen LogP contribution in [0.4, 0.5) is 0 Å². The fraction of sp³-hybridized carbons (Fsp3) is 0.263. The Morgan fingerprint density at radius 1 is 1.22 bits per heavy atom. The molecule has 0 aliphatic carbocycles. The second kappa shape index (κ2) is 8.07. The first kappa shape index (κ1) is 17.3. The van der Waals surface area contributed by atoms with Gasteiger partial charge in [0.15, 0.2) is 0 Å². The summed E-state index contributed by atoms with van der Waals surface area (Å²) in [4.78, 5) is 14.4. The van der Waals surface area contributed by atoms with Crippen LogP contribution in [0.2, 0.25) is 0 Å². The standard InChI is InChI=1S/C19H21N7O/c20-6-2-5-17-22-12-16(23-17)14-3-1-4-15(11-14)19-24-18(27-25-19)13-26-9-7-21-8-10-26/h1-6,11-12,20-21H,7-10,13H2,(H,22,23)/b5-2-,20-6?. The number of hydrogen-bond donors (Lipinski definition) is 3. The summed E-state index contributed by atoms with van der Waals surface area (Å²) < 4.78 is 5.44. The van der Waals surface area contributed by atoms with Crippen LogP contribution in [0.25, 0.3) is 28.7 Å². The predicted molar refractivity (Wildman–Crippen MR) is 103 cm³/mol. The first-order chi connectivity index (χ1) is 13.3. The molecule has 0 atom stereocenters. The van der Waals surface area contributed by atoms with E-state index in [0.717, 1.165) is 43.0 Å². The van der Waals surface area contributed by atoms with Crippen molar-refractivity contribution in [1.82, 2.24) is 30.3 Å². The third-order valence-corrected chi connectivity index (χ3v) is 4.41. The molecule has 3 heterocycles. The van der Waals surface area contributed by atoms with Gasteiger partial charge in [0.05, 0.1) is 18.4 Å². The first-order valence-electron chi connectivity index (χ1n) is 8.90. The summed E-state index contributed by atoms with van der Waals surface area (Å²) in [7, 11) is 0. The lowest BCUT2D eigenvalue weighted by Gasteiger charge is -2.25. The van der Waals surface area contributed by atoms with Crippen LogP contribution in [0.15, 0.2) is 41.1 Å². The molecule has 1 aliphatic heterocycles. The minimum Gasteiger partial charge on any atom is -0.338 e. The lowest BCUT2D eigenvalue weighted by atomic mass is 10.1. The number of imidazole rings is 1. The number of rotatable bonds is 6. The zero-order valence-corrected chi connectivity index (χ0v) is 14.9. The molecule has 1 fully saturated rings. The average molecular weight is 363 g/mol. The third-order valence-electron chi connectivity index (χ3n) is 4.41. The largest absolute Gasteiger partial charge is 0.338 e. The molecule has 3 N–H and O–H groups in total. The topological polar surface area (TPSA) is 107 Å². The molecule has 4 rings (SSSR count). The minimum atomic E-state index is 0.588. The Morgan fingerprint density at radius 3 is 2.93 bits per heavy atom. The van der Waals surface area contributed by atoms with E-state index < -0.39 is 0 Å². The Balaban J connectivity index is 1.51. The zero-order chi connectivity index (χ0) is 18.5. The summed E-state index contributed by atoms with van der Waals surface area (Å²) in [6, 6.07) is 7.94. The Labute approximate surface area is 156 Å². The van der Waals surface area contributed by atoms with Gasteiger partial charge in [0, 0.05) is 43.5 Å². The van der Waals surface area contributed by atoms with E-state index >= 15 is 0 Å². The van der Waals surface area contributed by atoms with Gasteiger partial charge in [-0.15, -0.1) is 0 Å². The normalized spacial score (nSPS) is 15.4. The van der Waals surface area contributed by atoms with E-state index in [9.17, 15) is 0 Å². The molecule has 1 aromatic carbocycles. The highest BCUT2D eigenvalue weighted by Crippen LogP contribution is 2.24.